The fourth-order valence-electron chi connectivity index (χ4n) is 3.92. The van der Waals surface area contributed by atoms with Crippen LogP contribution in [0.3, 0.4) is 0 Å². The van der Waals surface area contributed by atoms with Crippen molar-refractivity contribution in [2.45, 2.75) is 26.8 Å². The first kappa shape index (κ1) is 20.8. The molecule has 0 fully saturated rings. The van der Waals surface area contributed by atoms with Gasteiger partial charge in [0.15, 0.2) is 0 Å². The Balaban J connectivity index is 1.58. The number of pyridine rings is 1. The number of nitrogens with zero attached hydrogens (tertiary/aromatic N) is 4. The lowest BCUT2D eigenvalue weighted by molar-refractivity contribution is 0.628. The summed E-state index contributed by atoms with van der Waals surface area (Å²) < 4.78 is 15.6. The third-order valence-electron chi connectivity index (χ3n) is 5.81. The second-order valence-corrected chi connectivity index (χ2v) is 7.98. The molecule has 5 aromatic rings. The van der Waals surface area contributed by atoms with Crippen LogP contribution in [-0.2, 0) is 13.0 Å². The predicted octanol–water partition coefficient (Wildman–Crippen LogP) is 6.08. The van der Waals surface area contributed by atoms with Crippen LogP contribution in [0.25, 0.3) is 28.3 Å². The molecule has 2 aromatic carbocycles. The average molecular weight is 438 g/mol. The molecule has 0 radical (unpaired) electrons. The van der Waals surface area contributed by atoms with Crippen LogP contribution < -0.4 is 5.32 Å². The van der Waals surface area contributed by atoms with Crippen LogP contribution in [0.2, 0.25) is 0 Å². The van der Waals surface area contributed by atoms with Gasteiger partial charge in [0.2, 0.25) is 5.95 Å². The third-order valence-corrected chi connectivity index (χ3v) is 5.81. The van der Waals surface area contributed by atoms with Gasteiger partial charge in [-0.25, -0.2) is 19.3 Å². The summed E-state index contributed by atoms with van der Waals surface area (Å²) in [7, 11) is 0. The van der Waals surface area contributed by atoms with E-state index in [2.05, 4.69) is 48.4 Å². The molecule has 0 aliphatic heterocycles. The molecular weight excluding hydrogens is 413 g/mol. The second-order valence-electron chi connectivity index (χ2n) is 7.98. The average Bonchev–Trinajstić information content (AvgIpc) is 3.23. The Labute approximate surface area is 192 Å². The number of benzene rings is 2. The molecule has 0 aliphatic carbocycles. The quantitative estimate of drug-likeness (QED) is 0.350. The predicted molar refractivity (Wildman–Crippen MR) is 129 cm³/mol. The van der Waals surface area contributed by atoms with Crippen molar-refractivity contribution < 1.29 is 4.39 Å². The van der Waals surface area contributed by atoms with E-state index in [1.807, 2.05) is 28.8 Å². The molecule has 5 rings (SSSR count). The topological polar surface area (TPSA) is 55.1 Å². The minimum absolute atomic E-state index is 0.276. The van der Waals surface area contributed by atoms with Crippen LogP contribution in [-0.4, -0.2) is 19.4 Å². The highest BCUT2D eigenvalue weighted by molar-refractivity contribution is 5.80. The largest absolute Gasteiger partial charge is 0.350 e. The smallest absolute Gasteiger partial charge is 0.223 e. The van der Waals surface area contributed by atoms with Crippen LogP contribution in [0.4, 0.5) is 10.3 Å². The molecular formula is C27H24FN5. The molecule has 0 aliphatic rings. The van der Waals surface area contributed by atoms with E-state index >= 15 is 0 Å². The Hall–Kier alpha value is -4.06. The van der Waals surface area contributed by atoms with Crippen molar-refractivity contribution in [3.05, 3.63) is 102 Å². The first-order valence-electron chi connectivity index (χ1n) is 11.0. The molecule has 5 nitrogen and oxygen atoms in total. The molecule has 6 heteroatoms. The Bertz CT molecular complexity index is 1420. The SMILES string of the molecule is CCc1ccn2c(-c3ccnc(NCc4ccccc4C)n3)c(-c3ccc(F)cc3)nc2c1. The van der Waals surface area contributed by atoms with Gasteiger partial charge in [-0.3, -0.25) is 4.40 Å². The highest BCUT2D eigenvalue weighted by atomic mass is 19.1. The summed E-state index contributed by atoms with van der Waals surface area (Å²) in [5.74, 6) is 0.267. The molecule has 0 saturated heterocycles. The van der Waals surface area contributed by atoms with Crippen molar-refractivity contribution in [2.24, 2.45) is 0 Å². The van der Waals surface area contributed by atoms with Gasteiger partial charge in [0.25, 0.3) is 0 Å². The van der Waals surface area contributed by atoms with Gasteiger partial charge >= 0.3 is 0 Å². The Morgan fingerprint density at radius 2 is 1.79 bits per heavy atom. The van der Waals surface area contributed by atoms with Crippen LogP contribution in [0.5, 0.6) is 0 Å². The van der Waals surface area contributed by atoms with Gasteiger partial charge in [-0.1, -0.05) is 31.2 Å². The zero-order valence-corrected chi connectivity index (χ0v) is 18.6. The van der Waals surface area contributed by atoms with E-state index in [0.29, 0.717) is 12.5 Å². The number of nitrogens with one attached hydrogen (secondary N) is 1. The number of aromatic nitrogens is 4. The van der Waals surface area contributed by atoms with Crippen LogP contribution >= 0.6 is 0 Å². The number of halogens is 1. The van der Waals surface area contributed by atoms with E-state index in [9.17, 15) is 4.39 Å². The van der Waals surface area contributed by atoms with E-state index in [1.165, 1.54) is 28.8 Å². The van der Waals surface area contributed by atoms with E-state index in [0.717, 1.165) is 34.7 Å². The number of aryl methyl sites for hydroxylation is 2. The first-order chi connectivity index (χ1) is 16.1. The number of fused-ring (bicyclic) bond motifs is 1. The summed E-state index contributed by atoms with van der Waals surface area (Å²) >= 11 is 0. The summed E-state index contributed by atoms with van der Waals surface area (Å²) in [5.41, 5.74) is 7.63. The lowest BCUT2D eigenvalue weighted by Gasteiger charge is -2.10. The zero-order chi connectivity index (χ0) is 22.8. The summed E-state index contributed by atoms with van der Waals surface area (Å²) in [6, 6.07) is 20.7. The Morgan fingerprint density at radius 3 is 2.58 bits per heavy atom. The summed E-state index contributed by atoms with van der Waals surface area (Å²) in [5, 5.41) is 3.34. The van der Waals surface area contributed by atoms with E-state index in [4.69, 9.17) is 9.97 Å². The zero-order valence-electron chi connectivity index (χ0n) is 18.6. The maximum absolute atomic E-state index is 13.6. The van der Waals surface area contributed by atoms with Crippen molar-refractivity contribution in [1.29, 1.82) is 0 Å². The molecule has 0 unspecified atom stereocenters. The standard InChI is InChI=1S/C27H24FN5/c1-3-19-13-15-33-24(16-19)32-25(20-8-10-22(28)11-9-20)26(33)23-12-14-29-27(31-23)30-17-21-7-5-4-6-18(21)2/h4-16H,3,17H2,1-2H3,(H,29,30,31). The van der Waals surface area contributed by atoms with E-state index in [-0.39, 0.29) is 5.82 Å². The molecule has 33 heavy (non-hydrogen) atoms. The molecule has 3 heterocycles. The van der Waals surface area contributed by atoms with Crippen molar-refractivity contribution >= 4 is 11.6 Å². The second kappa shape index (κ2) is 8.82. The summed E-state index contributed by atoms with van der Waals surface area (Å²) in [4.78, 5) is 14.1. The molecule has 3 aromatic heterocycles. The minimum Gasteiger partial charge on any atom is -0.350 e. The van der Waals surface area contributed by atoms with Gasteiger partial charge in [-0.15, -0.1) is 0 Å². The molecule has 0 spiro atoms. The first-order valence-corrected chi connectivity index (χ1v) is 11.0. The number of anilines is 1. The Morgan fingerprint density at radius 1 is 0.970 bits per heavy atom. The highest BCUT2D eigenvalue weighted by Gasteiger charge is 2.18. The molecule has 1 N–H and O–H groups in total. The lowest BCUT2D eigenvalue weighted by Crippen LogP contribution is -2.05. The molecule has 0 atom stereocenters. The fraction of sp³-hybridized carbons (Fsp3) is 0.148. The molecule has 0 amide bonds. The van der Waals surface area contributed by atoms with Gasteiger partial charge in [-0.2, -0.15) is 0 Å². The normalized spacial score (nSPS) is 11.1. The minimum atomic E-state index is -0.276. The molecule has 0 bridgehead atoms. The summed E-state index contributed by atoms with van der Waals surface area (Å²) in [6.45, 7) is 4.84. The van der Waals surface area contributed by atoms with Gasteiger partial charge in [-0.05, 0) is 72.5 Å². The number of hydrogen-bond acceptors (Lipinski definition) is 4. The fourth-order valence-corrected chi connectivity index (χ4v) is 3.92. The van der Waals surface area contributed by atoms with Crippen molar-refractivity contribution in [2.75, 3.05) is 5.32 Å². The van der Waals surface area contributed by atoms with Gasteiger partial charge in [0, 0.05) is 24.5 Å². The highest BCUT2D eigenvalue weighted by Crippen LogP contribution is 2.32. The maximum atomic E-state index is 13.6. The van der Waals surface area contributed by atoms with Gasteiger partial charge in [0.05, 0.1) is 17.1 Å². The van der Waals surface area contributed by atoms with Crippen molar-refractivity contribution in [3.63, 3.8) is 0 Å². The van der Waals surface area contributed by atoms with Crippen molar-refractivity contribution in [1.82, 2.24) is 19.4 Å². The number of imidazole rings is 1. The van der Waals surface area contributed by atoms with Crippen LogP contribution in [0, 0.1) is 12.7 Å². The monoisotopic (exact) mass is 437 g/mol. The van der Waals surface area contributed by atoms with Gasteiger partial charge in [0.1, 0.15) is 11.5 Å². The molecule has 164 valence electrons. The Kier molecular flexibility index (Phi) is 5.57. The summed E-state index contributed by atoms with van der Waals surface area (Å²) in [6.07, 6.45) is 4.69. The van der Waals surface area contributed by atoms with E-state index in [1.54, 1.807) is 18.3 Å². The third kappa shape index (κ3) is 4.20. The van der Waals surface area contributed by atoms with Crippen LogP contribution in [0.15, 0.2) is 79.1 Å². The van der Waals surface area contributed by atoms with E-state index < -0.39 is 0 Å². The lowest BCUT2D eigenvalue weighted by atomic mass is 10.1. The van der Waals surface area contributed by atoms with Gasteiger partial charge < -0.3 is 5.32 Å². The maximum Gasteiger partial charge on any atom is 0.223 e. The number of rotatable bonds is 6. The number of hydrogen-bond donors (Lipinski definition) is 1. The van der Waals surface area contributed by atoms with Crippen LogP contribution in [0.1, 0.15) is 23.6 Å². The molecule has 0 saturated carbocycles. The van der Waals surface area contributed by atoms with Crippen molar-refractivity contribution in [3.8, 4) is 22.6 Å².